The molecular weight excluding hydrogens is 304 g/mol. The quantitative estimate of drug-likeness (QED) is 0.652. The highest BCUT2D eigenvalue weighted by Gasteiger charge is 2.34. The van der Waals surface area contributed by atoms with Gasteiger partial charge in [-0.2, -0.15) is 13.2 Å². The topological polar surface area (TPSA) is 97.0 Å². The van der Waals surface area contributed by atoms with Gasteiger partial charge >= 0.3 is 19.6 Å². The first kappa shape index (κ1) is 14.6. The Labute approximate surface area is 108 Å². The van der Waals surface area contributed by atoms with E-state index in [1.807, 2.05) is 0 Å². The summed E-state index contributed by atoms with van der Waals surface area (Å²) in [5.41, 5.74) is -2.93. The largest absolute Gasteiger partial charge is 0.524 e. The van der Waals surface area contributed by atoms with Crippen molar-refractivity contribution >= 4 is 18.8 Å². The van der Waals surface area contributed by atoms with Crippen molar-refractivity contribution in [3.8, 4) is 5.75 Å². The maximum atomic E-state index is 12.7. The summed E-state index contributed by atoms with van der Waals surface area (Å²) < 4.78 is 57.6. The molecule has 10 heteroatoms. The van der Waals surface area contributed by atoms with Crippen molar-refractivity contribution < 1.29 is 36.5 Å². The average molecular weight is 310 g/mol. The average Bonchev–Trinajstić information content (AvgIpc) is 2.23. The molecule has 0 saturated carbocycles. The molecule has 1 heterocycles. The molecule has 0 fully saturated rings. The van der Waals surface area contributed by atoms with Gasteiger partial charge in [-0.3, -0.25) is 9.79 Å². The predicted octanol–water partition coefficient (Wildman–Crippen LogP) is 2.28. The van der Waals surface area contributed by atoms with E-state index in [-0.39, 0.29) is 0 Å². The fourth-order valence-electron chi connectivity index (χ4n) is 1.57. The van der Waals surface area contributed by atoms with Crippen LogP contribution < -0.4 is 10.1 Å². The minimum absolute atomic E-state index is 0.297. The van der Waals surface area contributed by atoms with Crippen molar-refractivity contribution in [1.29, 1.82) is 0 Å². The number of fused-ring (bicyclic) bond motifs is 1. The molecule has 0 aliphatic carbocycles. The number of phosphoric ester groups is 1. The maximum absolute atomic E-state index is 12.7. The number of halogens is 3. The molecule has 1 aromatic heterocycles. The van der Waals surface area contributed by atoms with Crippen LogP contribution in [0.1, 0.15) is 5.56 Å². The molecule has 6 nitrogen and oxygen atoms in total. The molecule has 20 heavy (non-hydrogen) atoms. The van der Waals surface area contributed by atoms with Gasteiger partial charge in [0, 0.05) is 17.5 Å². The molecule has 2 aromatic rings. The third-order valence-electron chi connectivity index (χ3n) is 2.25. The Kier molecular flexibility index (Phi) is 3.37. The Hall–Kier alpha value is -1.83. The number of hydrogen-bond donors (Lipinski definition) is 2. The highest BCUT2D eigenvalue weighted by molar-refractivity contribution is 7.46. The number of hydrogen-bond acceptors (Lipinski definition) is 4. The van der Waals surface area contributed by atoms with Crippen LogP contribution in [0.5, 0.6) is 5.75 Å². The third-order valence-corrected chi connectivity index (χ3v) is 2.69. The molecule has 2 rings (SSSR count). The van der Waals surface area contributed by atoms with Crippen LogP contribution in [-0.2, 0) is 10.7 Å². The molecule has 108 valence electrons. The Morgan fingerprint density at radius 3 is 2.40 bits per heavy atom. The van der Waals surface area contributed by atoms with E-state index in [1.54, 1.807) is 0 Å². The third kappa shape index (κ3) is 3.19. The van der Waals surface area contributed by atoms with Gasteiger partial charge in [0.1, 0.15) is 11.3 Å². The van der Waals surface area contributed by atoms with Crippen molar-refractivity contribution in [1.82, 2.24) is 0 Å². The van der Waals surface area contributed by atoms with Crippen molar-refractivity contribution in [2.24, 2.45) is 0 Å². The number of rotatable bonds is 2. The monoisotopic (exact) mass is 310 g/mol. The van der Waals surface area contributed by atoms with Crippen LogP contribution in [0, 0.1) is 0 Å². The van der Waals surface area contributed by atoms with Gasteiger partial charge in [-0.1, -0.05) is 0 Å². The lowest BCUT2D eigenvalue weighted by Crippen LogP contribution is -2.10. The molecule has 0 bridgehead atoms. The second kappa shape index (κ2) is 4.62. The first-order valence-electron chi connectivity index (χ1n) is 4.96. The van der Waals surface area contributed by atoms with Gasteiger partial charge in [0.15, 0.2) is 0 Å². The highest BCUT2D eigenvalue weighted by atomic mass is 31.2. The standard InChI is InChI=1S/C10H6F3O6P/c11-10(12,13)7-4-9(14)18-8-3-5(1-2-6(7)8)19-20(15,16)17/h1-4H,(H2,15,16,17). The summed E-state index contributed by atoms with van der Waals surface area (Å²) in [6.07, 6.45) is -4.76. The first-order valence-corrected chi connectivity index (χ1v) is 6.49. The highest BCUT2D eigenvalue weighted by Crippen LogP contribution is 2.40. The molecule has 0 radical (unpaired) electrons. The molecule has 1 aromatic carbocycles. The van der Waals surface area contributed by atoms with Crippen molar-refractivity contribution in [2.45, 2.75) is 6.18 Å². The molecule has 0 amide bonds. The minimum atomic E-state index is -4.86. The van der Waals surface area contributed by atoms with E-state index in [4.69, 9.17) is 9.79 Å². The van der Waals surface area contributed by atoms with Gasteiger partial charge in [-0.15, -0.1) is 0 Å². The minimum Gasteiger partial charge on any atom is -0.423 e. The molecule has 0 saturated heterocycles. The summed E-state index contributed by atoms with van der Waals surface area (Å²) in [6.45, 7) is 0. The van der Waals surface area contributed by atoms with Crippen LogP contribution in [-0.4, -0.2) is 9.79 Å². The van der Waals surface area contributed by atoms with Gasteiger partial charge in [-0.05, 0) is 12.1 Å². The van der Waals surface area contributed by atoms with E-state index in [0.717, 1.165) is 18.2 Å². The van der Waals surface area contributed by atoms with E-state index in [2.05, 4.69) is 8.94 Å². The van der Waals surface area contributed by atoms with Crippen LogP contribution >= 0.6 is 7.82 Å². The Balaban J connectivity index is 2.66. The number of benzene rings is 1. The smallest absolute Gasteiger partial charge is 0.423 e. The second-order valence-electron chi connectivity index (χ2n) is 3.72. The normalized spacial score (nSPS) is 12.7. The molecule has 0 aliphatic heterocycles. The van der Waals surface area contributed by atoms with Gasteiger partial charge < -0.3 is 8.94 Å². The summed E-state index contributed by atoms with van der Waals surface area (Å²) in [4.78, 5) is 28.3. The summed E-state index contributed by atoms with van der Waals surface area (Å²) in [5, 5.41) is -0.421. The van der Waals surface area contributed by atoms with Crippen LogP contribution in [0.25, 0.3) is 11.0 Å². The van der Waals surface area contributed by atoms with E-state index >= 15 is 0 Å². The zero-order valence-corrected chi connectivity index (χ0v) is 10.3. The number of phosphoric acid groups is 1. The van der Waals surface area contributed by atoms with E-state index in [1.165, 1.54) is 0 Å². The Morgan fingerprint density at radius 2 is 1.85 bits per heavy atom. The Bertz CT molecular complexity index is 760. The SMILES string of the molecule is O=c1cc(C(F)(F)F)c2ccc(OP(=O)(O)O)cc2o1. The van der Waals surface area contributed by atoms with Crippen molar-refractivity contribution in [3.05, 3.63) is 40.2 Å². The fraction of sp³-hybridized carbons (Fsp3) is 0.100. The van der Waals surface area contributed by atoms with E-state index in [0.29, 0.717) is 6.07 Å². The zero-order chi connectivity index (χ0) is 15.1. The van der Waals surface area contributed by atoms with Crippen LogP contribution in [0.15, 0.2) is 33.5 Å². The molecule has 0 spiro atoms. The summed E-state index contributed by atoms with van der Waals surface area (Å²) >= 11 is 0. The van der Waals surface area contributed by atoms with Gasteiger partial charge in [0.2, 0.25) is 0 Å². The van der Waals surface area contributed by atoms with Gasteiger partial charge in [0.05, 0.1) is 5.56 Å². The van der Waals surface area contributed by atoms with Gasteiger partial charge in [0.25, 0.3) is 0 Å². The molecule has 0 atom stereocenters. The van der Waals surface area contributed by atoms with Crippen LogP contribution in [0.4, 0.5) is 13.2 Å². The summed E-state index contributed by atoms with van der Waals surface area (Å²) in [6, 6.07) is 2.92. The molecule has 0 unspecified atom stereocenters. The lowest BCUT2D eigenvalue weighted by molar-refractivity contribution is -0.136. The molecule has 0 aliphatic rings. The Morgan fingerprint density at radius 1 is 1.20 bits per heavy atom. The second-order valence-corrected chi connectivity index (χ2v) is 4.88. The number of alkyl halides is 3. The van der Waals surface area contributed by atoms with E-state index < -0.39 is 41.9 Å². The summed E-state index contributed by atoms with van der Waals surface area (Å²) in [5.74, 6) is -0.423. The van der Waals surface area contributed by atoms with Crippen LogP contribution in [0.2, 0.25) is 0 Å². The molecule has 2 N–H and O–H groups in total. The summed E-state index contributed by atoms with van der Waals surface area (Å²) in [7, 11) is -4.86. The lowest BCUT2D eigenvalue weighted by atomic mass is 10.1. The zero-order valence-electron chi connectivity index (χ0n) is 9.42. The first-order chi connectivity index (χ1) is 9.06. The fourth-order valence-corrected chi connectivity index (χ4v) is 1.96. The van der Waals surface area contributed by atoms with Crippen molar-refractivity contribution in [3.63, 3.8) is 0 Å². The lowest BCUT2D eigenvalue weighted by Gasteiger charge is -2.10. The van der Waals surface area contributed by atoms with Crippen molar-refractivity contribution in [2.75, 3.05) is 0 Å². The van der Waals surface area contributed by atoms with Gasteiger partial charge in [-0.25, -0.2) is 9.36 Å². The predicted molar refractivity (Wildman–Crippen MR) is 60.2 cm³/mol. The molecular formula is C10H6F3O6P. The van der Waals surface area contributed by atoms with E-state index in [9.17, 15) is 22.5 Å². The van der Waals surface area contributed by atoms with Crippen LogP contribution in [0.3, 0.4) is 0 Å². The maximum Gasteiger partial charge on any atom is 0.524 e.